The third kappa shape index (κ3) is 9.43. The van der Waals surface area contributed by atoms with Crippen molar-refractivity contribution in [1.82, 2.24) is 26.2 Å². The minimum absolute atomic E-state index is 0.0170. The van der Waals surface area contributed by atoms with Gasteiger partial charge in [-0.3, -0.25) is 28.8 Å². The first-order chi connectivity index (χ1) is 19.2. The molecule has 5 amide bonds. The average Bonchev–Trinajstić information content (AvgIpc) is 3.69. The number of fused-ring (bicyclic) bond motifs is 7. The van der Waals surface area contributed by atoms with Crippen LogP contribution in [0.1, 0.15) is 58.8 Å². The highest BCUT2D eigenvalue weighted by Gasteiger charge is 2.51. The van der Waals surface area contributed by atoms with Crippen molar-refractivity contribution in [2.24, 2.45) is 0 Å². The number of esters is 1. The van der Waals surface area contributed by atoms with Crippen LogP contribution in [0, 0.1) is 0 Å². The predicted octanol–water partition coefficient (Wildman–Crippen LogP) is 0.417. The van der Waals surface area contributed by atoms with Gasteiger partial charge in [-0.2, -0.15) is 0 Å². The van der Waals surface area contributed by atoms with Gasteiger partial charge in [0, 0.05) is 37.6 Å². The van der Waals surface area contributed by atoms with Crippen LogP contribution in [0.2, 0.25) is 0 Å². The van der Waals surface area contributed by atoms with Crippen LogP contribution in [0.15, 0.2) is 12.2 Å². The van der Waals surface area contributed by atoms with Crippen molar-refractivity contribution in [2.45, 2.75) is 82.5 Å². The number of nitrogens with one attached hydrogen (secondary N) is 4. The molecule has 2 heterocycles. The van der Waals surface area contributed by atoms with E-state index in [0.717, 1.165) is 0 Å². The first kappa shape index (κ1) is 31.8. The molecule has 3 aliphatic rings. The Bertz CT molecular complexity index is 1000. The van der Waals surface area contributed by atoms with Gasteiger partial charge in [0.2, 0.25) is 29.5 Å². The lowest BCUT2D eigenvalue weighted by atomic mass is 10.1. The highest BCUT2D eigenvalue weighted by atomic mass is 33.1. The highest BCUT2D eigenvalue weighted by molar-refractivity contribution is 8.76. The third-order valence-corrected chi connectivity index (χ3v) is 9.36. The normalized spacial score (nSPS) is 27.1. The molecule has 0 aromatic carbocycles. The molecule has 2 fully saturated rings. The molecular weight excluding hydrogens is 558 g/mol. The van der Waals surface area contributed by atoms with Crippen LogP contribution >= 0.6 is 21.6 Å². The van der Waals surface area contributed by atoms with Gasteiger partial charge in [-0.05, 0) is 45.6 Å². The zero-order chi connectivity index (χ0) is 29.1. The fourth-order valence-corrected chi connectivity index (χ4v) is 6.54. The predicted molar refractivity (Wildman–Crippen MR) is 152 cm³/mol. The molecule has 1 spiro atoms. The number of amides is 5. The minimum Gasteiger partial charge on any atom is -0.458 e. The van der Waals surface area contributed by atoms with Crippen LogP contribution in [-0.2, 0) is 33.5 Å². The van der Waals surface area contributed by atoms with Crippen molar-refractivity contribution in [3.05, 3.63) is 12.2 Å². The molecule has 1 saturated heterocycles. The molecule has 1 aliphatic carbocycles. The zero-order valence-electron chi connectivity index (χ0n) is 23.0. The summed E-state index contributed by atoms with van der Waals surface area (Å²) < 4.78 is 5.52. The summed E-state index contributed by atoms with van der Waals surface area (Å²) in [4.78, 5) is 79.5. The molecule has 3 rings (SSSR count). The maximum Gasteiger partial charge on any atom is 0.308 e. The van der Waals surface area contributed by atoms with Gasteiger partial charge in [0.15, 0.2) is 0 Å². The molecular formula is C26H39N5O7S2. The van der Waals surface area contributed by atoms with E-state index in [1.165, 1.54) is 21.6 Å². The molecule has 14 heteroatoms. The Morgan fingerprint density at radius 3 is 2.52 bits per heavy atom. The Kier molecular flexibility index (Phi) is 12.2. The van der Waals surface area contributed by atoms with Crippen LogP contribution in [0.5, 0.6) is 0 Å². The molecule has 3 atom stereocenters. The number of allylic oxidation sites excluding steroid dienone is 1. The van der Waals surface area contributed by atoms with Crippen molar-refractivity contribution in [2.75, 3.05) is 31.1 Å². The summed E-state index contributed by atoms with van der Waals surface area (Å²) in [6.07, 6.45) is 3.85. The Balaban J connectivity index is 1.90. The maximum absolute atomic E-state index is 13.4. The molecule has 2 aliphatic heterocycles. The molecule has 0 unspecified atom stereocenters. The molecule has 4 N–H and O–H groups in total. The van der Waals surface area contributed by atoms with E-state index < -0.39 is 53.3 Å². The summed E-state index contributed by atoms with van der Waals surface area (Å²) >= 11 is 0. The second kappa shape index (κ2) is 15.3. The molecule has 222 valence electrons. The SMILES string of the molecule is CCN(CC)C(=O)CC[C@H]1NC(=O)C[C@H]2/C=C/CCSSC[C@@H](NC1=O)C(=O)NC1(CC1)C(=O)NCCC(=O)O2. The Morgan fingerprint density at radius 1 is 1.07 bits per heavy atom. The number of hydrogen-bond donors (Lipinski definition) is 4. The summed E-state index contributed by atoms with van der Waals surface area (Å²) in [5.74, 6) is -1.86. The number of rotatable bonds is 5. The van der Waals surface area contributed by atoms with E-state index in [0.29, 0.717) is 38.1 Å². The van der Waals surface area contributed by atoms with Crippen molar-refractivity contribution >= 4 is 57.1 Å². The van der Waals surface area contributed by atoms with Crippen LogP contribution in [0.3, 0.4) is 0 Å². The molecule has 1 saturated carbocycles. The molecule has 0 aromatic rings. The second-order valence-corrected chi connectivity index (χ2v) is 12.5. The molecule has 12 nitrogen and oxygen atoms in total. The van der Waals surface area contributed by atoms with Crippen LogP contribution < -0.4 is 21.3 Å². The van der Waals surface area contributed by atoms with Gasteiger partial charge in [0.05, 0.1) is 12.8 Å². The largest absolute Gasteiger partial charge is 0.458 e. The van der Waals surface area contributed by atoms with Crippen LogP contribution in [-0.4, -0.2) is 95.3 Å². The summed E-state index contributed by atoms with van der Waals surface area (Å²) in [6.45, 7) is 4.78. The van der Waals surface area contributed by atoms with Crippen molar-refractivity contribution in [3.63, 3.8) is 0 Å². The van der Waals surface area contributed by atoms with E-state index in [9.17, 15) is 28.8 Å². The van der Waals surface area contributed by atoms with Gasteiger partial charge >= 0.3 is 5.97 Å². The van der Waals surface area contributed by atoms with E-state index in [4.69, 9.17) is 4.74 Å². The molecule has 0 aromatic heterocycles. The summed E-state index contributed by atoms with van der Waals surface area (Å²) in [5, 5.41) is 10.9. The summed E-state index contributed by atoms with van der Waals surface area (Å²) in [7, 11) is 2.93. The Morgan fingerprint density at radius 2 is 1.82 bits per heavy atom. The van der Waals surface area contributed by atoms with Crippen molar-refractivity contribution in [3.8, 4) is 0 Å². The quantitative estimate of drug-likeness (QED) is 0.200. The first-order valence-electron chi connectivity index (χ1n) is 13.8. The zero-order valence-corrected chi connectivity index (χ0v) is 24.6. The van der Waals surface area contributed by atoms with E-state index in [1.54, 1.807) is 11.0 Å². The minimum atomic E-state index is -1.10. The lowest BCUT2D eigenvalue weighted by Crippen LogP contribution is -2.58. The Labute approximate surface area is 242 Å². The lowest BCUT2D eigenvalue weighted by molar-refractivity contribution is -0.148. The molecule has 0 radical (unpaired) electrons. The maximum atomic E-state index is 13.4. The van der Waals surface area contributed by atoms with Crippen molar-refractivity contribution in [1.29, 1.82) is 0 Å². The molecule has 2 bridgehead atoms. The van der Waals surface area contributed by atoms with Crippen LogP contribution in [0.25, 0.3) is 0 Å². The lowest BCUT2D eigenvalue weighted by Gasteiger charge is -2.25. The van der Waals surface area contributed by atoms with Gasteiger partial charge in [-0.15, -0.1) is 0 Å². The van der Waals surface area contributed by atoms with Gasteiger partial charge < -0.3 is 30.9 Å². The van der Waals surface area contributed by atoms with Crippen LogP contribution in [0.4, 0.5) is 0 Å². The standard InChI is InChI=1S/C26H39N5O7S2/c1-3-31(4-2)21(33)9-8-18-23(35)29-19-16-40-39-14-6-5-7-17(15-20(32)28-18)38-22(34)10-13-27-25(37)26(11-12-26)30-24(19)36/h5,7,17-19H,3-4,6,8-16H2,1-2H3,(H,27,37)(H,28,32)(H,29,35)(H,30,36)/b7-5+/t17-,18-,19-/m1/s1. The average molecular weight is 598 g/mol. The Hall–Kier alpha value is -2.74. The number of ether oxygens (including phenoxy) is 1. The molecule has 40 heavy (non-hydrogen) atoms. The summed E-state index contributed by atoms with van der Waals surface area (Å²) in [6, 6.07) is -2.07. The fraction of sp³-hybridized carbons (Fsp3) is 0.692. The van der Waals surface area contributed by atoms with E-state index in [-0.39, 0.29) is 43.9 Å². The summed E-state index contributed by atoms with van der Waals surface area (Å²) in [5.41, 5.74) is -1.09. The third-order valence-electron chi connectivity index (χ3n) is 6.92. The first-order valence-corrected chi connectivity index (χ1v) is 16.2. The van der Waals surface area contributed by atoms with E-state index in [2.05, 4.69) is 21.3 Å². The fourth-order valence-electron chi connectivity index (χ4n) is 4.38. The number of carbonyl (C=O) groups is 6. The van der Waals surface area contributed by atoms with E-state index in [1.807, 2.05) is 19.9 Å². The topological polar surface area (TPSA) is 163 Å². The number of carbonyl (C=O) groups excluding carboxylic acids is 6. The highest BCUT2D eigenvalue weighted by Crippen LogP contribution is 2.36. The van der Waals surface area contributed by atoms with Crippen molar-refractivity contribution < 1.29 is 33.5 Å². The number of hydrogen-bond acceptors (Lipinski definition) is 9. The monoisotopic (exact) mass is 597 g/mol. The van der Waals surface area contributed by atoms with Gasteiger partial charge in [-0.1, -0.05) is 27.7 Å². The van der Waals surface area contributed by atoms with Gasteiger partial charge in [0.25, 0.3) is 0 Å². The second-order valence-electron chi connectivity index (χ2n) is 9.92. The van der Waals surface area contributed by atoms with Gasteiger partial charge in [0.1, 0.15) is 23.7 Å². The number of nitrogens with zero attached hydrogens (tertiary/aromatic N) is 1. The van der Waals surface area contributed by atoms with Gasteiger partial charge in [-0.25, -0.2) is 0 Å². The van der Waals surface area contributed by atoms with E-state index >= 15 is 0 Å². The smallest absolute Gasteiger partial charge is 0.308 e.